The number of carbonyl (C=O) groups excluding carboxylic acids is 2. The first-order chi connectivity index (χ1) is 19.5. The fourth-order valence-electron chi connectivity index (χ4n) is 5.72. The monoisotopic (exact) mass is 592 g/mol. The second-order valence-electron chi connectivity index (χ2n) is 10.00. The highest BCUT2D eigenvalue weighted by Crippen LogP contribution is 2.56. The molecule has 2 aliphatic rings. The number of amides is 2. The summed E-state index contributed by atoms with van der Waals surface area (Å²) in [5.41, 5.74) is 0.00269. The highest BCUT2D eigenvalue weighted by Gasteiger charge is 2.64. The highest BCUT2D eigenvalue weighted by atomic mass is 35.5. The normalized spacial score (nSPS) is 17.3. The summed E-state index contributed by atoms with van der Waals surface area (Å²) < 4.78 is 6.99. The number of benzene rings is 3. The minimum atomic E-state index is -1.80. The third kappa shape index (κ3) is 3.64. The molecular weight excluding hydrogens is 571 g/mol. The number of phenols is 1. The molecule has 0 fully saturated rings. The van der Waals surface area contributed by atoms with Crippen LogP contribution in [0.4, 0.5) is 11.4 Å². The third-order valence-electron chi connectivity index (χ3n) is 7.35. The number of carboxylic acids is 1. The van der Waals surface area contributed by atoms with Crippen LogP contribution in [0.1, 0.15) is 57.4 Å². The Labute approximate surface area is 243 Å². The standard InChI is InChI=1S/C29H22Cl2N4O6/c1-13(2)25-23-24(33-35(25)20-10-14(27(38)39)4-9-22(20)41-3)26(37)34(19-12-16(31)6-8-21(19)36)29(23)17-7-5-15(30)11-18(17)32-28(29)40/h4-13,36H,1-3H3,(H,32,40)(H,38,39). The van der Waals surface area contributed by atoms with Gasteiger partial charge >= 0.3 is 5.97 Å². The number of rotatable bonds is 5. The summed E-state index contributed by atoms with van der Waals surface area (Å²) in [5.74, 6) is -2.66. The van der Waals surface area contributed by atoms with E-state index in [0.29, 0.717) is 33.3 Å². The number of ether oxygens (including phenoxy) is 1. The van der Waals surface area contributed by atoms with E-state index < -0.39 is 23.3 Å². The summed E-state index contributed by atoms with van der Waals surface area (Å²) in [6.45, 7) is 3.74. The van der Waals surface area contributed by atoms with Gasteiger partial charge in [0.1, 0.15) is 17.2 Å². The lowest BCUT2D eigenvalue weighted by atomic mass is 9.81. The summed E-state index contributed by atoms with van der Waals surface area (Å²) in [4.78, 5) is 41.6. The first kappa shape index (κ1) is 26.7. The van der Waals surface area contributed by atoms with Gasteiger partial charge in [-0.25, -0.2) is 9.48 Å². The van der Waals surface area contributed by atoms with Gasteiger partial charge in [0.25, 0.3) is 11.8 Å². The molecule has 12 heteroatoms. The summed E-state index contributed by atoms with van der Waals surface area (Å²) >= 11 is 12.6. The van der Waals surface area contributed by atoms with Crippen molar-refractivity contribution in [3.63, 3.8) is 0 Å². The van der Waals surface area contributed by atoms with Gasteiger partial charge in [0, 0.05) is 26.9 Å². The third-order valence-corrected chi connectivity index (χ3v) is 7.82. The lowest BCUT2D eigenvalue weighted by molar-refractivity contribution is -0.119. The molecule has 10 nitrogen and oxygen atoms in total. The molecule has 1 atom stereocenters. The van der Waals surface area contributed by atoms with Crippen molar-refractivity contribution in [1.29, 1.82) is 0 Å². The molecule has 0 radical (unpaired) electrons. The van der Waals surface area contributed by atoms with Crippen molar-refractivity contribution in [3.05, 3.63) is 92.7 Å². The Bertz CT molecular complexity index is 1820. The van der Waals surface area contributed by atoms with Crippen LogP contribution in [0.3, 0.4) is 0 Å². The fraction of sp³-hybridized carbons (Fsp3) is 0.172. The molecule has 2 aliphatic heterocycles. The van der Waals surface area contributed by atoms with Crippen molar-refractivity contribution in [3.8, 4) is 17.2 Å². The number of nitrogens with zero attached hydrogens (tertiary/aromatic N) is 3. The maximum Gasteiger partial charge on any atom is 0.335 e. The fourth-order valence-corrected chi connectivity index (χ4v) is 6.06. The summed E-state index contributed by atoms with van der Waals surface area (Å²) in [5, 5.41) is 28.7. The number of carboxylic acid groups (broad SMARTS) is 1. The SMILES string of the molecule is COc1ccc(C(=O)O)cc1-n1nc2c(c1C(C)C)C1(C(=O)Nc3cc(Cl)ccc31)N(c1cc(Cl)ccc1O)C2=O. The zero-order valence-corrected chi connectivity index (χ0v) is 23.4. The minimum Gasteiger partial charge on any atom is -0.506 e. The number of aromatic carboxylic acids is 1. The Morgan fingerprint density at radius 1 is 1.02 bits per heavy atom. The highest BCUT2D eigenvalue weighted by molar-refractivity contribution is 6.32. The van der Waals surface area contributed by atoms with Gasteiger partial charge in [0.15, 0.2) is 11.2 Å². The quantitative estimate of drug-likeness (QED) is 0.276. The van der Waals surface area contributed by atoms with Crippen molar-refractivity contribution < 1.29 is 29.3 Å². The number of hydrogen-bond donors (Lipinski definition) is 3. The van der Waals surface area contributed by atoms with E-state index in [1.54, 1.807) is 18.2 Å². The van der Waals surface area contributed by atoms with Crippen LogP contribution in [-0.2, 0) is 10.3 Å². The number of methoxy groups -OCH3 is 1. The number of hydrogen-bond acceptors (Lipinski definition) is 6. The Balaban J connectivity index is 1.74. The van der Waals surface area contributed by atoms with Crippen LogP contribution in [0.2, 0.25) is 10.0 Å². The number of halogens is 2. The van der Waals surface area contributed by atoms with Crippen molar-refractivity contribution in [2.45, 2.75) is 25.3 Å². The molecule has 2 amide bonds. The molecule has 208 valence electrons. The molecule has 0 saturated carbocycles. The molecule has 0 aliphatic carbocycles. The molecule has 3 N–H and O–H groups in total. The average molecular weight is 593 g/mol. The van der Waals surface area contributed by atoms with Gasteiger partial charge in [-0.15, -0.1) is 0 Å². The number of carbonyl (C=O) groups is 3. The topological polar surface area (TPSA) is 134 Å². The maximum atomic E-state index is 14.4. The molecule has 3 aromatic carbocycles. The summed E-state index contributed by atoms with van der Waals surface area (Å²) in [6.07, 6.45) is 0. The number of aromatic nitrogens is 2. The van der Waals surface area contributed by atoms with Crippen LogP contribution < -0.4 is 15.0 Å². The molecule has 1 unspecified atom stereocenters. The molecule has 1 spiro atoms. The van der Waals surface area contributed by atoms with E-state index in [4.69, 9.17) is 27.9 Å². The van der Waals surface area contributed by atoms with Gasteiger partial charge in [-0.3, -0.25) is 14.5 Å². The van der Waals surface area contributed by atoms with Crippen LogP contribution in [0.15, 0.2) is 54.6 Å². The lowest BCUT2D eigenvalue weighted by Crippen LogP contribution is -2.50. The zero-order valence-electron chi connectivity index (χ0n) is 21.9. The van der Waals surface area contributed by atoms with Crippen LogP contribution in [-0.4, -0.2) is 44.9 Å². The summed E-state index contributed by atoms with van der Waals surface area (Å²) in [6, 6.07) is 13.4. The molecule has 0 saturated heterocycles. The largest absolute Gasteiger partial charge is 0.506 e. The Kier molecular flexibility index (Phi) is 6.02. The van der Waals surface area contributed by atoms with Gasteiger partial charge in [-0.05, 0) is 54.4 Å². The van der Waals surface area contributed by atoms with Crippen molar-refractivity contribution >= 4 is 52.4 Å². The second kappa shape index (κ2) is 9.25. The average Bonchev–Trinajstić information content (AvgIpc) is 3.53. The van der Waals surface area contributed by atoms with Crippen LogP contribution in [0, 0.1) is 0 Å². The number of aromatic hydroxyl groups is 1. The summed E-state index contributed by atoms with van der Waals surface area (Å²) in [7, 11) is 1.44. The Morgan fingerprint density at radius 3 is 2.41 bits per heavy atom. The Morgan fingerprint density at radius 2 is 1.73 bits per heavy atom. The smallest absolute Gasteiger partial charge is 0.335 e. The van der Waals surface area contributed by atoms with E-state index in [1.807, 2.05) is 13.8 Å². The molecular formula is C29H22Cl2N4O6. The van der Waals surface area contributed by atoms with Gasteiger partial charge in [-0.2, -0.15) is 5.10 Å². The van der Waals surface area contributed by atoms with Gasteiger partial charge in [0.2, 0.25) is 0 Å². The predicted octanol–water partition coefficient (Wildman–Crippen LogP) is 5.57. The number of anilines is 2. The Hall–Kier alpha value is -4.54. The number of fused-ring (bicyclic) bond motifs is 4. The van der Waals surface area contributed by atoms with Gasteiger partial charge < -0.3 is 20.3 Å². The van der Waals surface area contributed by atoms with E-state index in [0.717, 1.165) is 0 Å². The van der Waals surface area contributed by atoms with E-state index >= 15 is 0 Å². The second-order valence-corrected chi connectivity index (χ2v) is 10.9. The number of phenolic OH excluding ortho intramolecular Hbond substituents is 1. The predicted molar refractivity (Wildman–Crippen MR) is 152 cm³/mol. The van der Waals surface area contributed by atoms with E-state index in [1.165, 1.54) is 53.1 Å². The number of nitrogens with one attached hydrogen (secondary N) is 1. The zero-order chi connectivity index (χ0) is 29.4. The molecule has 1 aromatic heterocycles. The van der Waals surface area contributed by atoms with E-state index in [-0.39, 0.29) is 39.3 Å². The maximum absolute atomic E-state index is 14.4. The molecule has 3 heterocycles. The van der Waals surface area contributed by atoms with Crippen LogP contribution in [0.5, 0.6) is 11.5 Å². The van der Waals surface area contributed by atoms with Crippen molar-refractivity contribution in [1.82, 2.24) is 9.78 Å². The van der Waals surface area contributed by atoms with Crippen molar-refractivity contribution in [2.24, 2.45) is 0 Å². The van der Waals surface area contributed by atoms with Gasteiger partial charge in [0.05, 0.1) is 24.1 Å². The van der Waals surface area contributed by atoms with E-state index in [2.05, 4.69) is 10.4 Å². The first-order valence-corrected chi connectivity index (χ1v) is 13.3. The van der Waals surface area contributed by atoms with E-state index in [9.17, 15) is 24.6 Å². The molecule has 41 heavy (non-hydrogen) atoms. The molecule has 0 bridgehead atoms. The van der Waals surface area contributed by atoms with Crippen LogP contribution >= 0.6 is 23.2 Å². The van der Waals surface area contributed by atoms with Crippen molar-refractivity contribution in [2.75, 3.05) is 17.3 Å². The minimum absolute atomic E-state index is 0.0173. The first-order valence-electron chi connectivity index (χ1n) is 12.5. The molecule has 4 aromatic rings. The van der Waals surface area contributed by atoms with Crippen LogP contribution in [0.25, 0.3) is 5.69 Å². The molecule has 6 rings (SSSR count). The van der Waals surface area contributed by atoms with Gasteiger partial charge in [-0.1, -0.05) is 43.1 Å². The lowest BCUT2D eigenvalue weighted by Gasteiger charge is -2.35.